The van der Waals surface area contributed by atoms with Gasteiger partial charge in [-0.25, -0.2) is 13.2 Å². The quantitative estimate of drug-likeness (QED) is 0.665. The van der Waals surface area contributed by atoms with Gasteiger partial charge in [-0.15, -0.1) is 0 Å². The molecule has 0 bridgehead atoms. The summed E-state index contributed by atoms with van der Waals surface area (Å²) in [7, 11) is -3.64. The summed E-state index contributed by atoms with van der Waals surface area (Å²) in [5, 5.41) is 6.43. The van der Waals surface area contributed by atoms with Crippen LogP contribution in [0.2, 0.25) is 0 Å². The van der Waals surface area contributed by atoms with Gasteiger partial charge < -0.3 is 14.7 Å². The molecule has 29 heavy (non-hydrogen) atoms. The van der Waals surface area contributed by atoms with Gasteiger partial charge in [0.05, 0.1) is 0 Å². The van der Waals surface area contributed by atoms with Crippen LogP contribution in [0.25, 0.3) is 0 Å². The second kappa shape index (κ2) is 8.04. The first-order valence-corrected chi connectivity index (χ1v) is 11.3. The minimum Gasteiger partial charge on any atom is -0.360 e. The van der Waals surface area contributed by atoms with Gasteiger partial charge in [0.25, 0.3) is 5.91 Å². The molecular formula is C18H29N5O5S. The predicted molar refractivity (Wildman–Crippen MR) is 105 cm³/mol. The van der Waals surface area contributed by atoms with Gasteiger partial charge in [0, 0.05) is 26.2 Å². The molecule has 0 saturated carbocycles. The number of carbonyl (C=O) groups is 2. The van der Waals surface area contributed by atoms with E-state index in [1.54, 1.807) is 27.7 Å². The number of hydrogen-bond acceptors (Lipinski definition) is 7. The summed E-state index contributed by atoms with van der Waals surface area (Å²) >= 11 is 0. The van der Waals surface area contributed by atoms with Crippen LogP contribution in [0.3, 0.4) is 0 Å². The zero-order chi connectivity index (χ0) is 21.4. The molecule has 1 aromatic heterocycles. The van der Waals surface area contributed by atoms with E-state index < -0.39 is 15.6 Å². The lowest BCUT2D eigenvalue weighted by atomic mass is 10.1. The number of nitrogens with one attached hydrogen (secondary N) is 1. The van der Waals surface area contributed by atoms with Gasteiger partial charge in [-0.2, -0.15) is 4.31 Å². The summed E-state index contributed by atoms with van der Waals surface area (Å²) < 4.78 is 32.5. The topological polar surface area (TPSA) is 116 Å². The molecule has 0 radical (unpaired) electrons. The summed E-state index contributed by atoms with van der Waals surface area (Å²) in [6.07, 6.45) is 1.35. The van der Waals surface area contributed by atoms with Crippen molar-refractivity contribution in [2.24, 2.45) is 0 Å². The summed E-state index contributed by atoms with van der Waals surface area (Å²) in [5.41, 5.74) is -0.479. The van der Waals surface area contributed by atoms with E-state index in [4.69, 9.17) is 4.52 Å². The highest BCUT2D eigenvalue weighted by atomic mass is 32.2. The third-order valence-corrected chi connectivity index (χ3v) is 7.56. The Bertz CT molecular complexity index is 875. The highest BCUT2D eigenvalue weighted by Gasteiger charge is 2.43. The predicted octanol–water partition coefficient (Wildman–Crippen LogP) is 0.708. The third-order valence-electron chi connectivity index (χ3n) is 5.41. The Morgan fingerprint density at radius 1 is 1.10 bits per heavy atom. The average molecular weight is 428 g/mol. The van der Waals surface area contributed by atoms with Crippen molar-refractivity contribution in [1.82, 2.24) is 24.6 Å². The van der Waals surface area contributed by atoms with Gasteiger partial charge in [-0.3, -0.25) is 9.69 Å². The first-order chi connectivity index (χ1) is 13.5. The van der Waals surface area contributed by atoms with Gasteiger partial charge >= 0.3 is 6.03 Å². The van der Waals surface area contributed by atoms with Crippen molar-refractivity contribution in [1.29, 1.82) is 0 Å². The van der Waals surface area contributed by atoms with Crippen LogP contribution in [0.4, 0.5) is 4.79 Å². The van der Waals surface area contributed by atoms with Crippen LogP contribution in [0.5, 0.6) is 0 Å². The van der Waals surface area contributed by atoms with E-state index in [1.165, 1.54) is 9.21 Å². The maximum Gasteiger partial charge on any atom is 0.325 e. The molecule has 0 spiro atoms. The smallest absolute Gasteiger partial charge is 0.325 e. The number of carbonyl (C=O) groups excluding carboxylic acids is 2. The number of aryl methyl sites for hydroxylation is 2. The molecule has 0 aliphatic carbocycles. The van der Waals surface area contributed by atoms with E-state index in [1.807, 2.05) is 0 Å². The van der Waals surface area contributed by atoms with E-state index in [2.05, 4.69) is 15.4 Å². The average Bonchev–Trinajstić information content (AvgIpc) is 2.94. The zero-order valence-corrected chi connectivity index (χ0v) is 18.2. The number of nitrogens with zero attached hydrogens (tertiary/aromatic N) is 4. The molecule has 2 fully saturated rings. The van der Waals surface area contributed by atoms with Crippen molar-refractivity contribution in [3.8, 4) is 0 Å². The molecule has 3 heterocycles. The standard InChI is InChI=1S/C18H29N5O5S/c1-13-15(14(2)28-20-13)29(26,27)22-9-5-7-21(11-12-22)8-6-10-23-16(24)18(3,4)19-17(23)25/h5-12H2,1-4H3,(H,19,25). The minimum absolute atomic E-state index is 0.159. The molecule has 3 amide bonds. The van der Waals surface area contributed by atoms with E-state index in [-0.39, 0.29) is 16.8 Å². The van der Waals surface area contributed by atoms with Gasteiger partial charge in [0.1, 0.15) is 16.1 Å². The van der Waals surface area contributed by atoms with Crippen molar-refractivity contribution < 1.29 is 22.5 Å². The van der Waals surface area contributed by atoms with Gasteiger partial charge in [0.2, 0.25) is 10.0 Å². The molecule has 0 unspecified atom stereocenters. The number of urea groups is 1. The van der Waals surface area contributed by atoms with Crippen LogP contribution in [-0.4, -0.2) is 84.4 Å². The molecule has 2 aliphatic heterocycles. The summed E-state index contributed by atoms with van der Waals surface area (Å²) in [6.45, 7) is 9.83. The van der Waals surface area contributed by atoms with Gasteiger partial charge in [-0.05, 0) is 53.6 Å². The maximum absolute atomic E-state index is 13.0. The van der Waals surface area contributed by atoms with Gasteiger partial charge in [0.15, 0.2) is 5.76 Å². The summed E-state index contributed by atoms with van der Waals surface area (Å²) in [5.74, 6) is 0.0928. The minimum atomic E-state index is -3.64. The molecule has 3 rings (SSSR count). The molecule has 162 valence electrons. The van der Waals surface area contributed by atoms with Crippen LogP contribution in [0.15, 0.2) is 9.42 Å². The number of rotatable bonds is 6. The third kappa shape index (κ3) is 4.31. The van der Waals surface area contributed by atoms with Crippen LogP contribution in [0.1, 0.15) is 38.1 Å². The van der Waals surface area contributed by atoms with Crippen LogP contribution < -0.4 is 5.32 Å². The van der Waals surface area contributed by atoms with E-state index in [9.17, 15) is 18.0 Å². The molecular weight excluding hydrogens is 398 g/mol. The summed E-state index contributed by atoms with van der Waals surface area (Å²) in [6, 6.07) is -0.354. The van der Waals surface area contributed by atoms with Crippen molar-refractivity contribution in [2.75, 3.05) is 39.3 Å². The Balaban J connectivity index is 1.54. The van der Waals surface area contributed by atoms with E-state index >= 15 is 0 Å². The first-order valence-electron chi connectivity index (χ1n) is 9.83. The molecule has 0 aromatic carbocycles. The largest absolute Gasteiger partial charge is 0.360 e. The Kier molecular flexibility index (Phi) is 6.02. The number of amides is 3. The number of sulfonamides is 1. The Morgan fingerprint density at radius 2 is 1.83 bits per heavy atom. The Labute approximate surface area is 171 Å². The van der Waals surface area contributed by atoms with Crippen molar-refractivity contribution in [3.63, 3.8) is 0 Å². The molecule has 11 heteroatoms. The molecule has 2 saturated heterocycles. The van der Waals surface area contributed by atoms with Crippen molar-refractivity contribution >= 4 is 22.0 Å². The van der Waals surface area contributed by atoms with Crippen LogP contribution >= 0.6 is 0 Å². The SMILES string of the molecule is Cc1noc(C)c1S(=O)(=O)N1CCCN(CCCN2C(=O)NC(C)(C)C2=O)CC1. The fourth-order valence-electron chi connectivity index (χ4n) is 3.86. The molecule has 10 nitrogen and oxygen atoms in total. The van der Waals surface area contributed by atoms with E-state index in [0.717, 1.165) is 6.54 Å². The maximum atomic E-state index is 13.0. The normalized spacial score (nSPS) is 21.4. The van der Waals surface area contributed by atoms with Crippen LogP contribution in [0, 0.1) is 13.8 Å². The van der Waals surface area contributed by atoms with Crippen LogP contribution in [-0.2, 0) is 14.8 Å². The molecule has 1 N–H and O–H groups in total. The monoisotopic (exact) mass is 427 g/mol. The lowest BCUT2D eigenvalue weighted by Gasteiger charge is -2.22. The highest BCUT2D eigenvalue weighted by Crippen LogP contribution is 2.24. The first kappa shape index (κ1) is 21.7. The lowest BCUT2D eigenvalue weighted by Crippen LogP contribution is -2.40. The Morgan fingerprint density at radius 3 is 2.41 bits per heavy atom. The zero-order valence-electron chi connectivity index (χ0n) is 17.4. The van der Waals surface area contributed by atoms with Crippen molar-refractivity contribution in [3.05, 3.63) is 11.5 Å². The number of hydrogen-bond donors (Lipinski definition) is 1. The van der Waals surface area contributed by atoms with E-state index in [0.29, 0.717) is 57.0 Å². The number of aromatic nitrogens is 1. The lowest BCUT2D eigenvalue weighted by molar-refractivity contribution is -0.130. The fourth-order valence-corrected chi connectivity index (χ4v) is 5.62. The van der Waals surface area contributed by atoms with Gasteiger partial charge in [-0.1, -0.05) is 5.16 Å². The molecule has 1 aromatic rings. The summed E-state index contributed by atoms with van der Waals surface area (Å²) in [4.78, 5) is 27.8. The second-order valence-electron chi connectivity index (χ2n) is 8.12. The second-order valence-corrected chi connectivity index (χ2v) is 9.99. The fraction of sp³-hybridized carbons (Fsp3) is 0.722. The Hall–Kier alpha value is -1.98. The van der Waals surface area contributed by atoms with Crippen molar-refractivity contribution in [2.45, 2.75) is 51.0 Å². The molecule has 2 aliphatic rings. The molecule has 0 atom stereocenters. The highest BCUT2D eigenvalue weighted by molar-refractivity contribution is 7.89. The number of imide groups is 1.